The third-order valence-corrected chi connectivity index (χ3v) is 6.37. The largest absolute Gasteiger partial charge is 0.488 e. The van der Waals surface area contributed by atoms with E-state index in [-0.39, 0.29) is 25.7 Å². The van der Waals surface area contributed by atoms with Crippen molar-refractivity contribution < 1.29 is 43.5 Å². The van der Waals surface area contributed by atoms with Gasteiger partial charge in [-0.1, -0.05) is 38.1 Å². The summed E-state index contributed by atoms with van der Waals surface area (Å²) in [7, 11) is 0. The van der Waals surface area contributed by atoms with Crippen molar-refractivity contribution in [2.45, 2.75) is 77.0 Å². The van der Waals surface area contributed by atoms with Crippen molar-refractivity contribution in [2.24, 2.45) is 11.7 Å². The maximum absolute atomic E-state index is 12.8. The second-order valence-electron chi connectivity index (χ2n) is 11.9. The van der Waals surface area contributed by atoms with E-state index < -0.39 is 47.9 Å². The van der Waals surface area contributed by atoms with Gasteiger partial charge in [0.15, 0.2) is 23.0 Å². The van der Waals surface area contributed by atoms with Gasteiger partial charge in [-0.3, -0.25) is 4.79 Å². The van der Waals surface area contributed by atoms with Gasteiger partial charge in [-0.15, -0.1) is 0 Å². The standard InChI is InChI=1S/C21H32N2O6.C10H13NO3/c1-13(2)10-14(23-20(26)29-21(3,4)5)19(25)22-15-11-27-17-8-6-7-9-18(17)28-12-16(15)24;11-7-5-13-9-3-1-2-4-10(9)14-6-8(7)12/h6-9,13-16,24H,10-12H2,1-5H3,(H,22,25)(H,23,26);1-4,7-8,12H,5-6,11H2. The van der Waals surface area contributed by atoms with Crippen LogP contribution < -0.4 is 35.3 Å². The zero-order chi connectivity index (χ0) is 31.6. The second kappa shape index (κ2) is 15.6. The van der Waals surface area contributed by atoms with Crippen LogP contribution in [0.2, 0.25) is 0 Å². The predicted octanol–water partition coefficient (Wildman–Crippen LogP) is 2.39. The highest BCUT2D eigenvalue weighted by Gasteiger charge is 2.31. The van der Waals surface area contributed by atoms with Gasteiger partial charge in [-0.2, -0.15) is 0 Å². The number of alkyl carbamates (subject to hydrolysis) is 1. The molecule has 0 saturated heterocycles. The molecule has 0 bridgehead atoms. The van der Waals surface area contributed by atoms with E-state index in [2.05, 4.69) is 10.6 Å². The number of nitrogens with two attached hydrogens (primary N) is 1. The lowest BCUT2D eigenvalue weighted by molar-refractivity contribution is -0.125. The lowest BCUT2D eigenvalue weighted by atomic mass is 10.0. The Bertz CT molecular complexity index is 1160. The molecule has 238 valence electrons. The van der Waals surface area contributed by atoms with Gasteiger partial charge in [-0.05, 0) is 57.4 Å². The highest BCUT2D eigenvalue weighted by atomic mass is 16.6. The average Bonchev–Trinajstić information content (AvgIpc) is 2.93. The fourth-order valence-corrected chi connectivity index (χ4v) is 4.13. The van der Waals surface area contributed by atoms with Crippen LogP contribution in [0.4, 0.5) is 4.79 Å². The maximum atomic E-state index is 12.8. The fraction of sp³-hybridized carbons (Fsp3) is 0.548. The normalized spacial score (nSPS) is 22.3. The molecule has 0 fully saturated rings. The van der Waals surface area contributed by atoms with Crippen LogP contribution in [0.15, 0.2) is 48.5 Å². The number of ether oxygens (including phenoxy) is 5. The number of nitrogens with one attached hydrogen (secondary N) is 2. The Labute approximate surface area is 252 Å². The number of benzene rings is 2. The summed E-state index contributed by atoms with van der Waals surface area (Å²) < 4.78 is 27.3. The van der Waals surface area contributed by atoms with E-state index in [0.717, 1.165) is 0 Å². The Balaban J connectivity index is 0.000000299. The molecule has 2 aliphatic heterocycles. The zero-order valence-corrected chi connectivity index (χ0v) is 25.4. The molecule has 2 heterocycles. The van der Waals surface area contributed by atoms with Crippen molar-refractivity contribution in [3.05, 3.63) is 48.5 Å². The number of carbonyl (C=O) groups excluding carboxylic acids is 2. The average molecular weight is 604 g/mol. The molecule has 0 spiro atoms. The van der Waals surface area contributed by atoms with Crippen molar-refractivity contribution in [1.29, 1.82) is 0 Å². The number of carbonyl (C=O) groups is 2. The number of aliphatic hydroxyl groups excluding tert-OH is 2. The Morgan fingerprint density at radius 2 is 1.33 bits per heavy atom. The molecule has 5 unspecified atom stereocenters. The fourth-order valence-electron chi connectivity index (χ4n) is 4.13. The number of hydrogen-bond acceptors (Lipinski definition) is 10. The summed E-state index contributed by atoms with van der Waals surface area (Å²) in [5.74, 6) is 2.17. The lowest BCUT2D eigenvalue weighted by Gasteiger charge is -2.30. The van der Waals surface area contributed by atoms with Gasteiger partial charge in [0.1, 0.15) is 50.3 Å². The molecular weight excluding hydrogens is 558 g/mol. The van der Waals surface area contributed by atoms with Gasteiger partial charge in [-0.25, -0.2) is 4.79 Å². The van der Waals surface area contributed by atoms with Crippen LogP contribution in [0.5, 0.6) is 23.0 Å². The summed E-state index contributed by atoms with van der Waals surface area (Å²) in [4.78, 5) is 25.0. The molecule has 2 aliphatic rings. The van der Waals surface area contributed by atoms with E-state index in [0.29, 0.717) is 36.0 Å². The molecule has 12 heteroatoms. The lowest BCUT2D eigenvalue weighted by Crippen LogP contribution is -2.56. The summed E-state index contributed by atoms with van der Waals surface area (Å²) >= 11 is 0. The van der Waals surface area contributed by atoms with E-state index in [1.54, 1.807) is 39.0 Å². The number of rotatable bonds is 5. The Hall–Kier alpha value is -3.74. The summed E-state index contributed by atoms with van der Waals surface area (Å²) in [6, 6.07) is 12.6. The van der Waals surface area contributed by atoms with Gasteiger partial charge in [0, 0.05) is 0 Å². The predicted molar refractivity (Wildman–Crippen MR) is 159 cm³/mol. The third-order valence-electron chi connectivity index (χ3n) is 6.37. The molecule has 0 aromatic heterocycles. The highest BCUT2D eigenvalue weighted by molar-refractivity contribution is 5.86. The molecule has 12 nitrogen and oxygen atoms in total. The molecule has 2 aromatic rings. The molecule has 5 atom stereocenters. The smallest absolute Gasteiger partial charge is 0.408 e. The zero-order valence-electron chi connectivity index (χ0n) is 25.4. The summed E-state index contributed by atoms with van der Waals surface area (Å²) in [6.45, 7) is 9.78. The number of fused-ring (bicyclic) bond motifs is 2. The Kier molecular flexibility index (Phi) is 12.3. The topological polar surface area (TPSA) is 171 Å². The molecule has 0 aliphatic carbocycles. The van der Waals surface area contributed by atoms with E-state index in [4.69, 9.17) is 29.4 Å². The van der Waals surface area contributed by atoms with Crippen LogP contribution >= 0.6 is 0 Å². The first-order chi connectivity index (χ1) is 20.3. The number of amides is 2. The number of aliphatic hydroxyl groups is 2. The van der Waals surface area contributed by atoms with Crippen LogP contribution in [0.3, 0.4) is 0 Å². The first kappa shape index (κ1) is 33.8. The SMILES string of the molecule is CC(C)CC(NC(=O)OC(C)(C)C)C(=O)NC1COc2ccccc2OCC1O.NC1COc2ccccc2OCC1O. The summed E-state index contributed by atoms with van der Waals surface area (Å²) in [6.07, 6.45) is -1.88. The van der Waals surface area contributed by atoms with Gasteiger partial charge in [0.25, 0.3) is 0 Å². The molecule has 43 heavy (non-hydrogen) atoms. The van der Waals surface area contributed by atoms with Crippen LogP contribution in [0, 0.1) is 5.92 Å². The molecule has 0 saturated carbocycles. The van der Waals surface area contributed by atoms with Crippen LogP contribution in [0.1, 0.15) is 41.0 Å². The highest BCUT2D eigenvalue weighted by Crippen LogP contribution is 2.29. The van der Waals surface area contributed by atoms with Crippen LogP contribution in [-0.2, 0) is 9.53 Å². The Morgan fingerprint density at radius 1 is 0.860 bits per heavy atom. The van der Waals surface area contributed by atoms with Gasteiger partial charge >= 0.3 is 6.09 Å². The van der Waals surface area contributed by atoms with Crippen molar-refractivity contribution >= 4 is 12.0 Å². The minimum atomic E-state index is -0.964. The van der Waals surface area contributed by atoms with Gasteiger partial charge < -0.3 is 50.3 Å². The summed E-state index contributed by atoms with van der Waals surface area (Å²) in [5.41, 5.74) is 4.98. The van der Waals surface area contributed by atoms with Gasteiger partial charge in [0.05, 0.1) is 12.1 Å². The van der Waals surface area contributed by atoms with Crippen molar-refractivity contribution in [3.63, 3.8) is 0 Å². The van der Waals surface area contributed by atoms with E-state index >= 15 is 0 Å². The minimum Gasteiger partial charge on any atom is -0.488 e. The van der Waals surface area contributed by atoms with Crippen molar-refractivity contribution in [1.82, 2.24) is 10.6 Å². The van der Waals surface area contributed by atoms with E-state index in [9.17, 15) is 19.8 Å². The first-order valence-electron chi connectivity index (χ1n) is 14.4. The van der Waals surface area contributed by atoms with E-state index in [1.807, 2.05) is 44.2 Å². The number of hydrogen-bond donors (Lipinski definition) is 5. The quantitative estimate of drug-likeness (QED) is 0.342. The molecule has 0 radical (unpaired) electrons. The molecular formula is C31H45N3O9. The van der Waals surface area contributed by atoms with E-state index in [1.165, 1.54) is 0 Å². The van der Waals surface area contributed by atoms with Crippen molar-refractivity contribution in [3.8, 4) is 23.0 Å². The Morgan fingerprint density at radius 3 is 1.81 bits per heavy atom. The van der Waals surface area contributed by atoms with Crippen LogP contribution in [0.25, 0.3) is 0 Å². The molecule has 2 amide bonds. The first-order valence-corrected chi connectivity index (χ1v) is 14.4. The number of para-hydroxylation sites is 4. The van der Waals surface area contributed by atoms with Crippen LogP contribution in [-0.4, -0.2) is 84.6 Å². The third kappa shape index (κ3) is 11.1. The minimum absolute atomic E-state index is 0.0136. The van der Waals surface area contributed by atoms with Gasteiger partial charge in [0.2, 0.25) is 5.91 Å². The molecule has 2 aromatic carbocycles. The van der Waals surface area contributed by atoms with Crippen molar-refractivity contribution in [2.75, 3.05) is 26.4 Å². The summed E-state index contributed by atoms with van der Waals surface area (Å²) in [5, 5.41) is 25.3. The maximum Gasteiger partial charge on any atom is 0.408 e. The molecule has 4 rings (SSSR count). The second-order valence-corrected chi connectivity index (χ2v) is 11.9. The monoisotopic (exact) mass is 603 g/mol. The molecule has 6 N–H and O–H groups in total.